The van der Waals surface area contributed by atoms with Crippen LogP contribution in [0.1, 0.15) is 53.2 Å². The lowest BCUT2D eigenvalue weighted by atomic mass is 9.98. The quantitative estimate of drug-likeness (QED) is 0.798. The molecule has 1 aliphatic heterocycles. The summed E-state index contributed by atoms with van der Waals surface area (Å²) in [5, 5.41) is 2.97. The Morgan fingerprint density at radius 1 is 1.37 bits per heavy atom. The Labute approximate surface area is 177 Å². The van der Waals surface area contributed by atoms with Crippen molar-refractivity contribution in [3.63, 3.8) is 0 Å². The third-order valence-corrected chi connectivity index (χ3v) is 5.07. The molecule has 1 amide bonds. The SMILES string of the molecule is CCc1cc(=O)[nH]c(-c2ccc(N3CCC(NC(=O)OC(C)(C)C)CC3C)nc2)n1. The summed E-state index contributed by atoms with van der Waals surface area (Å²) in [6, 6.07) is 5.70. The highest BCUT2D eigenvalue weighted by Crippen LogP contribution is 2.25. The van der Waals surface area contributed by atoms with E-state index in [9.17, 15) is 9.59 Å². The molecule has 1 aliphatic rings. The Morgan fingerprint density at radius 2 is 2.13 bits per heavy atom. The third kappa shape index (κ3) is 5.58. The average Bonchev–Trinajstić information content (AvgIpc) is 2.66. The average molecular weight is 414 g/mol. The van der Waals surface area contributed by atoms with Gasteiger partial charge in [-0.3, -0.25) is 4.79 Å². The first kappa shape index (κ1) is 21.8. The first-order valence-corrected chi connectivity index (χ1v) is 10.5. The number of hydrogen-bond acceptors (Lipinski definition) is 6. The highest BCUT2D eigenvalue weighted by atomic mass is 16.6. The molecular weight excluding hydrogens is 382 g/mol. The summed E-state index contributed by atoms with van der Waals surface area (Å²) in [4.78, 5) is 37.9. The molecule has 30 heavy (non-hydrogen) atoms. The fourth-order valence-electron chi connectivity index (χ4n) is 3.64. The summed E-state index contributed by atoms with van der Waals surface area (Å²) in [6.45, 7) is 10.5. The topological polar surface area (TPSA) is 100 Å². The van der Waals surface area contributed by atoms with E-state index in [2.05, 4.69) is 32.1 Å². The minimum Gasteiger partial charge on any atom is -0.444 e. The molecule has 3 heterocycles. The molecular formula is C22H31N5O3. The van der Waals surface area contributed by atoms with Crippen LogP contribution >= 0.6 is 0 Å². The molecule has 0 spiro atoms. The number of anilines is 1. The van der Waals surface area contributed by atoms with Gasteiger partial charge < -0.3 is 19.9 Å². The lowest BCUT2D eigenvalue weighted by Crippen LogP contribution is -2.50. The van der Waals surface area contributed by atoms with Crippen LogP contribution in [0.2, 0.25) is 0 Å². The van der Waals surface area contributed by atoms with Gasteiger partial charge in [0.25, 0.3) is 5.56 Å². The lowest BCUT2D eigenvalue weighted by molar-refractivity contribution is 0.0494. The number of ether oxygens (including phenoxy) is 1. The van der Waals surface area contributed by atoms with Gasteiger partial charge in [0, 0.05) is 42.1 Å². The van der Waals surface area contributed by atoms with Crippen LogP contribution in [0.15, 0.2) is 29.2 Å². The Bertz CT molecular complexity index is 933. The van der Waals surface area contributed by atoms with Crippen LogP contribution in [0, 0.1) is 0 Å². The van der Waals surface area contributed by atoms with Crippen LogP contribution in [0.5, 0.6) is 0 Å². The van der Waals surface area contributed by atoms with Crippen molar-refractivity contribution in [3.05, 3.63) is 40.4 Å². The van der Waals surface area contributed by atoms with E-state index in [1.165, 1.54) is 6.07 Å². The number of nitrogens with zero attached hydrogens (tertiary/aromatic N) is 3. The number of nitrogens with one attached hydrogen (secondary N) is 2. The second-order valence-corrected chi connectivity index (χ2v) is 8.75. The first-order valence-electron chi connectivity index (χ1n) is 10.5. The maximum atomic E-state index is 12.0. The maximum Gasteiger partial charge on any atom is 0.407 e. The summed E-state index contributed by atoms with van der Waals surface area (Å²) in [5.41, 5.74) is 0.873. The molecule has 1 saturated heterocycles. The fourth-order valence-corrected chi connectivity index (χ4v) is 3.64. The number of amides is 1. The van der Waals surface area contributed by atoms with Crippen LogP contribution in [0.4, 0.5) is 10.6 Å². The number of aromatic nitrogens is 3. The predicted octanol–water partition coefficient (Wildman–Crippen LogP) is 3.28. The number of hydrogen-bond donors (Lipinski definition) is 2. The Hall–Kier alpha value is -2.90. The number of H-pyrrole nitrogens is 1. The number of aryl methyl sites for hydroxylation is 1. The van der Waals surface area contributed by atoms with Gasteiger partial charge in [0.2, 0.25) is 0 Å². The van der Waals surface area contributed by atoms with E-state index in [0.29, 0.717) is 12.2 Å². The maximum absolute atomic E-state index is 12.0. The van der Waals surface area contributed by atoms with Crippen LogP contribution in [-0.4, -0.2) is 45.3 Å². The molecule has 1 fully saturated rings. The first-order chi connectivity index (χ1) is 14.1. The molecule has 8 heteroatoms. The molecule has 2 aromatic rings. The van der Waals surface area contributed by atoms with Crippen molar-refractivity contribution in [3.8, 4) is 11.4 Å². The Balaban J connectivity index is 1.64. The van der Waals surface area contributed by atoms with Crippen molar-refractivity contribution < 1.29 is 9.53 Å². The highest BCUT2D eigenvalue weighted by molar-refractivity contribution is 5.68. The zero-order valence-corrected chi connectivity index (χ0v) is 18.4. The van der Waals surface area contributed by atoms with Crippen molar-refractivity contribution in [2.45, 2.75) is 71.6 Å². The molecule has 3 rings (SSSR count). The van der Waals surface area contributed by atoms with Gasteiger partial charge in [-0.2, -0.15) is 0 Å². The van der Waals surface area contributed by atoms with Gasteiger partial charge in [-0.25, -0.2) is 14.8 Å². The fraction of sp³-hybridized carbons (Fsp3) is 0.545. The molecule has 2 N–H and O–H groups in total. The summed E-state index contributed by atoms with van der Waals surface area (Å²) in [5.74, 6) is 1.41. The Morgan fingerprint density at radius 3 is 2.73 bits per heavy atom. The summed E-state index contributed by atoms with van der Waals surface area (Å²) in [6.07, 6.45) is 3.71. The second-order valence-electron chi connectivity index (χ2n) is 8.75. The molecule has 2 unspecified atom stereocenters. The van der Waals surface area contributed by atoms with Crippen LogP contribution in [0.3, 0.4) is 0 Å². The molecule has 2 atom stereocenters. The second kappa shape index (κ2) is 8.85. The van der Waals surface area contributed by atoms with E-state index in [1.807, 2.05) is 39.8 Å². The van der Waals surface area contributed by atoms with Crippen molar-refractivity contribution in [2.75, 3.05) is 11.4 Å². The monoisotopic (exact) mass is 413 g/mol. The van der Waals surface area contributed by atoms with Gasteiger partial charge in [-0.15, -0.1) is 0 Å². The van der Waals surface area contributed by atoms with Gasteiger partial charge in [0.15, 0.2) is 0 Å². The van der Waals surface area contributed by atoms with E-state index in [-0.39, 0.29) is 23.7 Å². The zero-order valence-electron chi connectivity index (χ0n) is 18.4. The van der Waals surface area contributed by atoms with Crippen LogP contribution in [-0.2, 0) is 11.2 Å². The van der Waals surface area contributed by atoms with Gasteiger partial charge in [-0.05, 0) is 59.1 Å². The number of aromatic amines is 1. The molecule has 0 bridgehead atoms. The molecule has 0 aromatic carbocycles. The number of carbonyl (C=O) groups excluding carboxylic acids is 1. The van der Waals surface area contributed by atoms with Gasteiger partial charge in [0.1, 0.15) is 17.2 Å². The predicted molar refractivity (Wildman–Crippen MR) is 117 cm³/mol. The molecule has 162 valence electrons. The normalized spacial score (nSPS) is 19.4. The number of carbonyl (C=O) groups is 1. The van der Waals surface area contributed by atoms with Crippen LogP contribution < -0.4 is 15.8 Å². The molecule has 2 aromatic heterocycles. The van der Waals surface area contributed by atoms with Crippen molar-refractivity contribution in [2.24, 2.45) is 0 Å². The molecule has 0 aliphatic carbocycles. The summed E-state index contributed by atoms with van der Waals surface area (Å²) < 4.78 is 5.36. The standard InChI is InChI=1S/C22H31N5O3/c1-6-16-12-19(28)26-20(24-16)15-7-8-18(23-13-15)27-10-9-17(11-14(27)2)25-21(29)30-22(3,4)5/h7-8,12-14,17H,6,9-11H2,1-5H3,(H,25,29)(H,24,26,28). The minimum atomic E-state index is -0.502. The summed E-state index contributed by atoms with van der Waals surface area (Å²) in [7, 11) is 0. The largest absolute Gasteiger partial charge is 0.444 e. The van der Waals surface area contributed by atoms with Crippen molar-refractivity contribution in [1.29, 1.82) is 0 Å². The number of alkyl carbamates (subject to hydrolysis) is 1. The number of piperidine rings is 1. The van der Waals surface area contributed by atoms with E-state index < -0.39 is 5.60 Å². The number of pyridine rings is 1. The van der Waals surface area contributed by atoms with E-state index >= 15 is 0 Å². The number of rotatable bonds is 4. The van der Waals surface area contributed by atoms with Crippen molar-refractivity contribution >= 4 is 11.9 Å². The highest BCUT2D eigenvalue weighted by Gasteiger charge is 2.28. The van der Waals surface area contributed by atoms with Gasteiger partial charge in [-0.1, -0.05) is 6.92 Å². The molecule has 0 saturated carbocycles. The van der Waals surface area contributed by atoms with E-state index in [1.54, 1.807) is 6.20 Å². The van der Waals surface area contributed by atoms with Gasteiger partial charge >= 0.3 is 6.09 Å². The van der Waals surface area contributed by atoms with E-state index in [4.69, 9.17) is 4.74 Å². The third-order valence-electron chi connectivity index (χ3n) is 5.07. The minimum absolute atomic E-state index is 0.0800. The van der Waals surface area contributed by atoms with Gasteiger partial charge in [0.05, 0.1) is 0 Å². The van der Waals surface area contributed by atoms with Crippen LogP contribution in [0.25, 0.3) is 11.4 Å². The molecule has 8 nitrogen and oxygen atoms in total. The smallest absolute Gasteiger partial charge is 0.407 e. The van der Waals surface area contributed by atoms with E-state index in [0.717, 1.165) is 36.5 Å². The Kier molecular flexibility index (Phi) is 6.43. The summed E-state index contributed by atoms with van der Waals surface area (Å²) >= 11 is 0. The lowest BCUT2D eigenvalue weighted by Gasteiger charge is -2.38. The van der Waals surface area contributed by atoms with Crippen molar-refractivity contribution in [1.82, 2.24) is 20.3 Å². The zero-order chi connectivity index (χ0) is 21.9. The molecule has 0 radical (unpaired) electrons.